The fourth-order valence-corrected chi connectivity index (χ4v) is 5.91. The number of carbonyl (C=O) groups is 1. The molecule has 5 rings (SSSR count). The van der Waals surface area contributed by atoms with Crippen LogP contribution in [-0.2, 0) is 11.2 Å². The summed E-state index contributed by atoms with van der Waals surface area (Å²) in [5.41, 5.74) is 4.45. The molecule has 7 nitrogen and oxygen atoms in total. The monoisotopic (exact) mass is 599 g/mol. The molecule has 0 N–H and O–H groups in total. The van der Waals surface area contributed by atoms with Crippen LogP contribution in [0.3, 0.4) is 0 Å². The van der Waals surface area contributed by atoms with Crippen LogP contribution in [0.1, 0.15) is 30.9 Å². The number of benzene rings is 3. The molecule has 1 amide bonds. The molecule has 0 atom stereocenters. The smallest absolute Gasteiger partial charge is 0.266 e. The molecule has 1 aromatic heterocycles. The topological polar surface area (TPSA) is 65.8 Å². The summed E-state index contributed by atoms with van der Waals surface area (Å²) in [5.74, 6) is 2.01. The molecule has 9 heteroatoms. The molecule has 0 spiro atoms. The minimum atomic E-state index is -0.111. The van der Waals surface area contributed by atoms with Crippen molar-refractivity contribution in [3.8, 4) is 34.2 Å². The summed E-state index contributed by atoms with van der Waals surface area (Å²) in [6.07, 6.45) is 6.53. The number of hydrogen-bond donors (Lipinski definition) is 0. The minimum Gasteiger partial charge on any atom is -0.494 e. The molecule has 1 aliphatic rings. The Morgan fingerprint density at radius 3 is 2.55 bits per heavy atom. The molecule has 3 aromatic carbocycles. The van der Waals surface area contributed by atoms with Gasteiger partial charge in [0.1, 0.15) is 15.8 Å². The summed E-state index contributed by atoms with van der Waals surface area (Å²) in [7, 11) is 3.22. The maximum Gasteiger partial charge on any atom is 0.266 e. The number of nitrogens with zero attached hydrogens (tertiary/aromatic N) is 3. The highest BCUT2D eigenvalue weighted by Gasteiger charge is 2.32. The van der Waals surface area contributed by atoms with E-state index < -0.39 is 0 Å². The van der Waals surface area contributed by atoms with Gasteiger partial charge in [0, 0.05) is 23.9 Å². The van der Waals surface area contributed by atoms with Crippen molar-refractivity contribution >= 4 is 40.3 Å². The molecule has 2 heterocycles. The van der Waals surface area contributed by atoms with E-state index in [1.807, 2.05) is 89.8 Å². The van der Waals surface area contributed by atoms with Crippen molar-refractivity contribution in [3.63, 3.8) is 0 Å². The van der Waals surface area contributed by atoms with Crippen LogP contribution in [0.5, 0.6) is 17.2 Å². The predicted molar refractivity (Wildman–Crippen MR) is 173 cm³/mol. The molecule has 0 bridgehead atoms. The molecule has 1 fully saturated rings. The Balaban J connectivity index is 1.42. The Kier molecular flexibility index (Phi) is 9.61. The van der Waals surface area contributed by atoms with E-state index in [0.717, 1.165) is 46.7 Å². The standard InChI is InChI=1S/C33H33N3O4S2/c1-4-5-18-40-27-13-9-10-24(20-27)31-25(22-36(34-31)26-11-7-6-8-12-26)21-30-32(37)35(33(41)42-30)17-16-23-14-15-28(38-2)29(19-23)39-3/h6-15,19-22H,4-5,16-18H2,1-3H3/b30-21-. The molecule has 0 saturated carbocycles. The second-order valence-corrected chi connectivity index (χ2v) is 11.4. The normalized spacial score (nSPS) is 14.1. The summed E-state index contributed by atoms with van der Waals surface area (Å²) in [4.78, 5) is 15.8. The van der Waals surface area contributed by atoms with E-state index in [1.54, 1.807) is 19.1 Å². The van der Waals surface area contributed by atoms with Gasteiger partial charge in [0.2, 0.25) is 0 Å². The molecule has 4 aromatic rings. The molecule has 42 heavy (non-hydrogen) atoms. The van der Waals surface area contributed by atoms with Crippen molar-refractivity contribution < 1.29 is 19.0 Å². The molecule has 216 valence electrons. The zero-order valence-electron chi connectivity index (χ0n) is 23.9. The van der Waals surface area contributed by atoms with Gasteiger partial charge in [-0.15, -0.1) is 0 Å². The van der Waals surface area contributed by atoms with Gasteiger partial charge >= 0.3 is 0 Å². The third kappa shape index (κ3) is 6.69. The lowest BCUT2D eigenvalue weighted by atomic mass is 10.1. The van der Waals surface area contributed by atoms with Crippen molar-refractivity contribution in [2.24, 2.45) is 0 Å². The first-order chi connectivity index (χ1) is 20.5. The van der Waals surface area contributed by atoms with Crippen molar-refractivity contribution in [3.05, 3.63) is 95.0 Å². The lowest BCUT2D eigenvalue weighted by Crippen LogP contribution is -2.30. The van der Waals surface area contributed by atoms with Crippen LogP contribution in [0.2, 0.25) is 0 Å². The van der Waals surface area contributed by atoms with Gasteiger partial charge in [-0.3, -0.25) is 9.69 Å². The molecule has 1 aliphatic heterocycles. The fourth-order valence-electron chi connectivity index (χ4n) is 4.61. The second kappa shape index (κ2) is 13.7. The maximum atomic E-state index is 13.5. The minimum absolute atomic E-state index is 0.111. The summed E-state index contributed by atoms with van der Waals surface area (Å²) in [5, 5.41) is 4.93. The average Bonchev–Trinajstić information content (AvgIpc) is 3.56. The Labute approximate surface area is 256 Å². The fraction of sp³-hybridized carbons (Fsp3) is 0.242. The van der Waals surface area contributed by atoms with Gasteiger partial charge in [0.05, 0.1) is 31.4 Å². The highest BCUT2D eigenvalue weighted by Crippen LogP contribution is 2.36. The van der Waals surface area contributed by atoms with Gasteiger partial charge < -0.3 is 14.2 Å². The first-order valence-corrected chi connectivity index (χ1v) is 15.1. The van der Waals surface area contributed by atoms with Crippen LogP contribution in [0.25, 0.3) is 23.0 Å². The Hall–Kier alpha value is -4.08. The van der Waals surface area contributed by atoms with Crippen molar-refractivity contribution in [2.45, 2.75) is 26.2 Å². The highest BCUT2D eigenvalue weighted by atomic mass is 32.2. The first-order valence-electron chi connectivity index (χ1n) is 13.8. The Morgan fingerprint density at radius 1 is 0.976 bits per heavy atom. The molecule has 1 saturated heterocycles. The van der Waals surface area contributed by atoms with Crippen molar-refractivity contribution in [2.75, 3.05) is 27.4 Å². The number of carbonyl (C=O) groups excluding carboxylic acids is 1. The van der Waals surface area contributed by atoms with Crippen molar-refractivity contribution in [1.82, 2.24) is 14.7 Å². The van der Waals surface area contributed by atoms with Gasteiger partial charge in [-0.05, 0) is 60.9 Å². The van der Waals surface area contributed by atoms with E-state index in [9.17, 15) is 4.79 Å². The van der Waals surface area contributed by atoms with Crippen molar-refractivity contribution in [1.29, 1.82) is 0 Å². The zero-order chi connectivity index (χ0) is 29.5. The average molecular weight is 600 g/mol. The number of para-hydroxylation sites is 1. The zero-order valence-corrected chi connectivity index (χ0v) is 25.5. The quantitative estimate of drug-likeness (QED) is 0.0971. The van der Waals surface area contributed by atoms with Gasteiger partial charge in [-0.25, -0.2) is 4.68 Å². The first kappa shape index (κ1) is 29.4. The maximum absolute atomic E-state index is 13.5. The molecule has 0 unspecified atom stereocenters. The summed E-state index contributed by atoms with van der Waals surface area (Å²) >= 11 is 6.95. The van der Waals surface area contributed by atoms with E-state index >= 15 is 0 Å². The van der Waals surface area contributed by atoms with Crippen LogP contribution < -0.4 is 14.2 Å². The number of ether oxygens (including phenoxy) is 3. The SMILES string of the molecule is CCCCOc1cccc(-c2nn(-c3ccccc3)cc2/C=C2\SC(=S)N(CCc3ccc(OC)c(OC)c3)C2=O)c1. The van der Waals surface area contributed by atoms with Crippen LogP contribution in [0, 0.1) is 0 Å². The van der Waals surface area contributed by atoms with E-state index in [2.05, 4.69) is 6.92 Å². The lowest BCUT2D eigenvalue weighted by Gasteiger charge is -2.15. The molecular formula is C33H33N3O4S2. The number of thioether (sulfide) groups is 1. The largest absolute Gasteiger partial charge is 0.494 e. The number of aromatic nitrogens is 2. The van der Waals surface area contributed by atoms with Crippen LogP contribution >= 0.6 is 24.0 Å². The van der Waals surface area contributed by atoms with E-state index in [0.29, 0.717) is 40.3 Å². The summed E-state index contributed by atoms with van der Waals surface area (Å²) < 4.78 is 19.1. The third-order valence-corrected chi connectivity index (χ3v) is 8.25. The van der Waals surface area contributed by atoms with Crippen LogP contribution in [0.4, 0.5) is 0 Å². The van der Waals surface area contributed by atoms with Gasteiger partial charge in [0.25, 0.3) is 5.91 Å². The summed E-state index contributed by atoms with van der Waals surface area (Å²) in [6.45, 7) is 3.27. The second-order valence-electron chi connectivity index (χ2n) is 9.72. The van der Waals surface area contributed by atoms with E-state index in [1.165, 1.54) is 11.8 Å². The van der Waals surface area contributed by atoms with E-state index in [-0.39, 0.29) is 5.91 Å². The van der Waals surface area contributed by atoms with Crippen LogP contribution in [-0.4, -0.2) is 52.3 Å². The van der Waals surface area contributed by atoms with Crippen LogP contribution in [0.15, 0.2) is 83.9 Å². The molecule has 0 radical (unpaired) electrons. The molecular weight excluding hydrogens is 567 g/mol. The predicted octanol–water partition coefficient (Wildman–Crippen LogP) is 7.18. The Bertz CT molecular complexity index is 1600. The van der Waals surface area contributed by atoms with Gasteiger partial charge in [-0.1, -0.05) is 73.7 Å². The Morgan fingerprint density at radius 2 is 1.79 bits per heavy atom. The number of unbranched alkanes of at least 4 members (excludes halogenated alkanes) is 1. The number of rotatable bonds is 12. The number of hydrogen-bond acceptors (Lipinski definition) is 7. The number of amides is 1. The summed E-state index contributed by atoms with van der Waals surface area (Å²) in [6, 6.07) is 23.6. The highest BCUT2D eigenvalue weighted by molar-refractivity contribution is 8.26. The third-order valence-electron chi connectivity index (χ3n) is 6.87. The van der Waals surface area contributed by atoms with Gasteiger partial charge in [-0.2, -0.15) is 5.10 Å². The van der Waals surface area contributed by atoms with Gasteiger partial charge in [0.15, 0.2) is 11.5 Å². The van der Waals surface area contributed by atoms with E-state index in [4.69, 9.17) is 31.5 Å². The molecule has 0 aliphatic carbocycles. The number of methoxy groups -OCH3 is 2. The number of thiocarbonyl (C=S) groups is 1. The lowest BCUT2D eigenvalue weighted by molar-refractivity contribution is -0.122.